The summed E-state index contributed by atoms with van der Waals surface area (Å²) >= 11 is 0. The number of nitrogens with one attached hydrogen (secondary N) is 3. The maximum atomic E-state index is 12.8. The topological polar surface area (TPSA) is 73.1 Å². The molecule has 140 valence electrons. The van der Waals surface area contributed by atoms with Gasteiger partial charge in [-0.2, -0.15) is 5.10 Å². The van der Waals surface area contributed by atoms with E-state index in [0.29, 0.717) is 6.04 Å². The molecule has 0 aliphatic carbocycles. The molecule has 0 saturated carbocycles. The van der Waals surface area contributed by atoms with Crippen molar-refractivity contribution in [3.05, 3.63) is 60.3 Å². The molecule has 27 heavy (non-hydrogen) atoms. The first-order valence-electron chi connectivity index (χ1n) is 9.46. The molecule has 0 spiro atoms. The summed E-state index contributed by atoms with van der Waals surface area (Å²) in [5.74, 6) is 0. The van der Waals surface area contributed by atoms with Gasteiger partial charge in [-0.1, -0.05) is 36.8 Å². The lowest BCUT2D eigenvalue weighted by atomic mass is 9.91. The van der Waals surface area contributed by atoms with Gasteiger partial charge in [0.2, 0.25) is 0 Å². The molecule has 1 aliphatic rings. The molecule has 2 amide bonds. The number of anilines is 1. The number of H-pyrrole nitrogens is 1. The number of fused-ring (bicyclic) bond motifs is 1. The second kappa shape index (κ2) is 7.80. The second-order valence-corrected chi connectivity index (χ2v) is 7.20. The summed E-state index contributed by atoms with van der Waals surface area (Å²) in [7, 11) is 2.14. The van der Waals surface area contributed by atoms with E-state index in [1.54, 1.807) is 6.20 Å². The summed E-state index contributed by atoms with van der Waals surface area (Å²) in [4.78, 5) is 15.1. The fourth-order valence-corrected chi connectivity index (χ4v) is 3.91. The maximum absolute atomic E-state index is 12.8. The predicted molar refractivity (Wildman–Crippen MR) is 108 cm³/mol. The number of hydrogen-bond acceptors (Lipinski definition) is 3. The van der Waals surface area contributed by atoms with Crippen molar-refractivity contribution in [2.24, 2.45) is 0 Å². The first-order valence-corrected chi connectivity index (χ1v) is 9.46. The van der Waals surface area contributed by atoms with Gasteiger partial charge in [-0.05, 0) is 50.2 Å². The van der Waals surface area contributed by atoms with E-state index in [-0.39, 0.29) is 12.1 Å². The molecule has 1 fully saturated rings. The van der Waals surface area contributed by atoms with Crippen LogP contribution in [0.4, 0.5) is 10.5 Å². The number of nitrogens with zero attached hydrogens (tertiary/aromatic N) is 2. The quantitative estimate of drug-likeness (QED) is 0.658. The standard InChI is InChI=1S/C21H25N5O/c1-26-12-6-5-9-19(26)20(15-7-3-2-4-8-15)24-21(27)23-17-11-10-16-14-22-25-18(16)13-17/h2-4,7-8,10-11,13-14,19-20H,5-6,9,12H2,1H3,(H,22,25)(H2,23,24,27)/t19-,20-/m1/s1. The number of hydrogen-bond donors (Lipinski definition) is 3. The van der Waals surface area contributed by atoms with Crippen molar-refractivity contribution in [1.82, 2.24) is 20.4 Å². The van der Waals surface area contributed by atoms with E-state index >= 15 is 0 Å². The SMILES string of the molecule is CN1CCCC[C@@H]1[C@H](NC(=O)Nc1ccc2cn[nH]c2c1)c1ccccc1. The Morgan fingerprint density at radius 2 is 2.07 bits per heavy atom. The number of aromatic nitrogens is 2. The number of rotatable bonds is 4. The van der Waals surface area contributed by atoms with Gasteiger partial charge >= 0.3 is 6.03 Å². The van der Waals surface area contributed by atoms with Crippen LogP contribution in [-0.4, -0.2) is 40.8 Å². The van der Waals surface area contributed by atoms with Gasteiger partial charge in [-0.25, -0.2) is 4.79 Å². The van der Waals surface area contributed by atoms with E-state index in [1.807, 2.05) is 36.4 Å². The molecule has 1 aliphatic heterocycles. The summed E-state index contributed by atoms with van der Waals surface area (Å²) < 4.78 is 0. The third kappa shape index (κ3) is 3.95. The van der Waals surface area contributed by atoms with Crippen LogP contribution in [-0.2, 0) is 0 Å². The van der Waals surface area contributed by atoms with E-state index in [4.69, 9.17) is 0 Å². The number of likely N-dealkylation sites (N-methyl/N-ethyl adjacent to an activating group) is 1. The van der Waals surface area contributed by atoms with Crippen molar-refractivity contribution in [2.45, 2.75) is 31.3 Å². The second-order valence-electron chi connectivity index (χ2n) is 7.20. The van der Waals surface area contributed by atoms with Gasteiger partial charge in [0.15, 0.2) is 0 Å². The minimum absolute atomic E-state index is 0.0487. The summed E-state index contributed by atoms with van der Waals surface area (Å²) in [6.07, 6.45) is 5.25. The van der Waals surface area contributed by atoms with Crippen LogP contribution < -0.4 is 10.6 Å². The number of benzene rings is 2. The van der Waals surface area contributed by atoms with Gasteiger partial charge in [-0.3, -0.25) is 5.10 Å². The van der Waals surface area contributed by atoms with Crippen molar-refractivity contribution >= 4 is 22.6 Å². The Labute approximate surface area is 159 Å². The minimum atomic E-state index is -0.193. The molecule has 2 aromatic carbocycles. The molecule has 0 bridgehead atoms. The smallest absolute Gasteiger partial charge is 0.319 e. The molecular weight excluding hydrogens is 338 g/mol. The molecule has 3 N–H and O–H groups in total. The van der Waals surface area contributed by atoms with Gasteiger partial charge in [0.1, 0.15) is 0 Å². The minimum Gasteiger partial charge on any atom is -0.329 e. The highest BCUT2D eigenvalue weighted by atomic mass is 16.2. The zero-order valence-corrected chi connectivity index (χ0v) is 15.5. The van der Waals surface area contributed by atoms with Gasteiger partial charge < -0.3 is 15.5 Å². The zero-order chi connectivity index (χ0) is 18.6. The average Bonchev–Trinajstić information content (AvgIpc) is 3.15. The molecule has 4 rings (SSSR count). The van der Waals surface area contributed by atoms with E-state index in [2.05, 4.69) is 44.9 Å². The van der Waals surface area contributed by atoms with Crippen LogP contribution in [0.25, 0.3) is 10.9 Å². The Morgan fingerprint density at radius 1 is 1.22 bits per heavy atom. The number of carbonyl (C=O) groups excluding carboxylic acids is 1. The van der Waals surface area contributed by atoms with Crippen LogP contribution in [0.5, 0.6) is 0 Å². The van der Waals surface area contributed by atoms with Crippen LogP contribution in [0.15, 0.2) is 54.7 Å². The Balaban J connectivity index is 1.52. The molecular formula is C21H25N5O. The molecule has 1 aromatic heterocycles. The summed E-state index contributed by atoms with van der Waals surface area (Å²) in [6.45, 7) is 1.06. The van der Waals surface area contributed by atoms with Gasteiger partial charge in [0.05, 0.1) is 17.8 Å². The average molecular weight is 363 g/mol. The van der Waals surface area contributed by atoms with Crippen LogP contribution in [0.2, 0.25) is 0 Å². The fraction of sp³-hybridized carbons (Fsp3) is 0.333. The first-order chi connectivity index (χ1) is 13.2. The Bertz CT molecular complexity index is 907. The van der Waals surface area contributed by atoms with Gasteiger partial charge in [-0.15, -0.1) is 0 Å². The van der Waals surface area contributed by atoms with Crippen molar-refractivity contribution in [1.29, 1.82) is 0 Å². The molecule has 0 radical (unpaired) electrons. The highest BCUT2D eigenvalue weighted by Gasteiger charge is 2.30. The number of amides is 2. The van der Waals surface area contributed by atoms with Crippen LogP contribution in [0, 0.1) is 0 Å². The molecule has 3 aromatic rings. The number of carbonyl (C=O) groups is 1. The summed E-state index contributed by atoms with van der Waals surface area (Å²) in [6, 6.07) is 16.0. The number of urea groups is 1. The molecule has 2 atom stereocenters. The maximum Gasteiger partial charge on any atom is 0.319 e. The lowest BCUT2D eigenvalue weighted by Crippen LogP contribution is -2.47. The Morgan fingerprint density at radius 3 is 2.89 bits per heavy atom. The predicted octanol–water partition coefficient (Wildman–Crippen LogP) is 3.91. The largest absolute Gasteiger partial charge is 0.329 e. The number of likely N-dealkylation sites (tertiary alicyclic amines) is 1. The monoisotopic (exact) mass is 363 g/mol. The highest BCUT2D eigenvalue weighted by molar-refractivity contribution is 5.92. The van der Waals surface area contributed by atoms with Crippen molar-refractivity contribution in [3.63, 3.8) is 0 Å². The third-order valence-corrected chi connectivity index (χ3v) is 5.36. The van der Waals surface area contributed by atoms with Crippen molar-refractivity contribution in [2.75, 3.05) is 18.9 Å². The number of piperidine rings is 1. The number of aromatic amines is 1. The van der Waals surface area contributed by atoms with Crippen LogP contribution in [0.3, 0.4) is 0 Å². The van der Waals surface area contributed by atoms with E-state index in [1.165, 1.54) is 12.8 Å². The lowest BCUT2D eigenvalue weighted by molar-refractivity contribution is 0.147. The van der Waals surface area contributed by atoms with E-state index in [9.17, 15) is 4.79 Å². The van der Waals surface area contributed by atoms with Gasteiger partial charge in [0, 0.05) is 17.1 Å². The fourth-order valence-electron chi connectivity index (χ4n) is 3.91. The molecule has 0 unspecified atom stereocenters. The van der Waals surface area contributed by atoms with Crippen molar-refractivity contribution in [3.8, 4) is 0 Å². The third-order valence-electron chi connectivity index (χ3n) is 5.36. The lowest BCUT2D eigenvalue weighted by Gasteiger charge is -2.38. The zero-order valence-electron chi connectivity index (χ0n) is 15.5. The summed E-state index contributed by atoms with van der Waals surface area (Å²) in [5.41, 5.74) is 2.78. The molecule has 6 heteroatoms. The first kappa shape index (κ1) is 17.5. The Hall–Kier alpha value is -2.86. The highest BCUT2D eigenvalue weighted by Crippen LogP contribution is 2.28. The van der Waals surface area contributed by atoms with Gasteiger partial charge in [0.25, 0.3) is 0 Å². The Kier molecular flexibility index (Phi) is 5.07. The van der Waals surface area contributed by atoms with Crippen LogP contribution >= 0.6 is 0 Å². The molecule has 2 heterocycles. The van der Waals surface area contributed by atoms with E-state index < -0.39 is 0 Å². The van der Waals surface area contributed by atoms with E-state index in [0.717, 1.165) is 35.1 Å². The normalized spacial score (nSPS) is 18.9. The summed E-state index contributed by atoms with van der Waals surface area (Å²) in [5, 5.41) is 14.1. The molecule has 6 nitrogen and oxygen atoms in total. The van der Waals surface area contributed by atoms with Crippen LogP contribution in [0.1, 0.15) is 30.9 Å². The molecule has 1 saturated heterocycles. The van der Waals surface area contributed by atoms with Crippen molar-refractivity contribution < 1.29 is 4.79 Å².